The SMILES string of the molecule is CN(C)CCCNc1nc(-c2cc3cc(Cl)ccc3o2)nc2ccccc12. The summed E-state index contributed by atoms with van der Waals surface area (Å²) in [6, 6.07) is 15.5. The Kier molecular flexibility index (Phi) is 4.97. The number of furan rings is 1. The van der Waals surface area contributed by atoms with Gasteiger partial charge in [-0.05, 0) is 63.5 Å². The predicted molar refractivity (Wildman–Crippen MR) is 111 cm³/mol. The van der Waals surface area contributed by atoms with Gasteiger partial charge >= 0.3 is 0 Å². The molecule has 138 valence electrons. The van der Waals surface area contributed by atoms with Crippen molar-refractivity contribution in [3.05, 3.63) is 53.6 Å². The first-order valence-electron chi connectivity index (χ1n) is 8.95. The first kappa shape index (κ1) is 17.8. The van der Waals surface area contributed by atoms with E-state index in [1.807, 2.05) is 48.5 Å². The molecule has 0 saturated carbocycles. The van der Waals surface area contributed by atoms with Gasteiger partial charge in [-0.15, -0.1) is 0 Å². The molecule has 0 aliphatic heterocycles. The molecule has 2 aromatic heterocycles. The molecule has 0 bridgehead atoms. The number of halogens is 1. The summed E-state index contributed by atoms with van der Waals surface area (Å²) in [6.45, 7) is 1.86. The van der Waals surface area contributed by atoms with Crippen LogP contribution in [0.3, 0.4) is 0 Å². The van der Waals surface area contributed by atoms with Gasteiger partial charge in [0.25, 0.3) is 0 Å². The van der Waals surface area contributed by atoms with E-state index >= 15 is 0 Å². The number of benzene rings is 2. The highest BCUT2D eigenvalue weighted by Gasteiger charge is 2.13. The quantitative estimate of drug-likeness (QED) is 0.474. The molecule has 0 spiro atoms. The van der Waals surface area contributed by atoms with Crippen LogP contribution in [0.25, 0.3) is 33.5 Å². The van der Waals surface area contributed by atoms with Gasteiger partial charge in [0.15, 0.2) is 11.6 Å². The van der Waals surface area contributed by atoms with E-state index < -0.39 is 0 Å². The summed E-state index contributed by atoms with van der Waals surface area (Å²) in [4.78, 5) is 11.6. The van der Waals surface area contributed by atoms with Gasteiger partial charge in [0.05, 0.1) is 5.52 Å². The van der Waals surface area contributed by atoms with Crippen molar-refractivity contribution in [2.75, 3.05) is 32.5 Å². The lowest BCUT2D eigenvalue weighted by atomic mass is 10.2. The van der Waals surface area contributed by atoms with E-state index in [0.717, 1.165) is 47.2 Å². The van der Waals surface area contributed by atoms with Gasteiger partial charge in [-0.2, -0.15) is 0 Å². The molecule has 4 aromatic rings. The van der Waals surface area contributed by atoms with Crippen molar-refractivity contribution in [1.29, 1.82) is 0 Å². The summed E-state index contributed by atoms with van der Waals surface area (Å²) in [7, 11) is 4.15. The summed E-state index contributed by atoms with van der Waals surface area (Å²) in [5, 5.41) is 6.08. The van der Waals surface area contributed by atoms with Crippen molar-refractivity contribution in [2.45, 2.75) is 6.42 Å². The lowest BCUT2D eigenvalue weighted by Gasteiger charge is -2.12. The van der Waals surface area contributed by atoms with E-state index in [-0.39, 0.29) is 0 Å². The Morgan fingerprint density at radius 1 is 1.07 bits per heavy atom. The van der Waals surface area contributed by atoms with Gasteiger partial charge in [-0.25, -0.2) is 9.97 Å². The van der Waals surface area contributed by atoms with Crippen molar-refractivity contribution < 1.29 is 4.42 Å². The van der Waals surface area contributed by atoms with E-state index in [9.17, 15) is 0 Å². The van der Waals surface area contributed by atoms with Crippen molar-refractivity contribution in [1.82, 2.24) is 14.9 Å². The lowest BCUT2D eigenvalue weighted by molar-refractivity contribution is 0.405. The van der Waals surface area contributed by atoms with Crippen molar-refractivity contribution in [3.8, 4) is 11.6 Å². The summed E-state index contributed by atoms with van der Waals surface area (Å²) in [5.74, 6) is 2.03. The number of hydrogen-bond donors (Lipinski definition) is 1. The van der Waals surface area contributed by atoms with Gasteiger partial charge in [-0.3, -0.25) is 0 Å². The van der Waals surface area contributed by atoms with Crippen LogP contribution < -0.4 is 5.32 Å². The molecule has 0 unspecified atom stereocenters. The number of para-hydroxylation sites is 1. The monoisotopic (exact) mass is 380 g/mol. The number of nitrogens with one attached hydrogen (secondary N) is 1. The first-order valence-corrected chi connectivity index (χ1v) is 9.33. The van der Waals surface area contributed by atoms with Crippen LogP contribution in [0.2, 0.25) is 5.02 Å². The molecule has 1 N–H and O–H groups in total. The van der Waals surface area contributed by atoms with Crippen LogP contribution in [0, 0.1) is 0 Å². The van der Waals surface area contributed by atoms with Crippen LogP contribution in [-0.2, 0) is 0 Å². The van der Waals surface area contributed by atoms with Gasteiger partial charge in [0.2, 0.25) is 0 Å². The number of nitrogens with zero attached hydrogens (tertiary/aromatic N) is 3. The van der Waals surface area contributed by atoms with Gasteiger partial charge in [-0.1, -0.05) is 23.7 Å². The second-order valence-electron chi connectivity index (χ2n) is 6.79. The number of anilines is 1. The molecule has 6 heteroatoms. The molecule has 2 heterocycles. The van der Waals surface area contributed by atoms with Crippen LogP contribution in [-0.4, -0.2) is 42.1 Å². The highest BCUT2D eigenvalue weighted by Crippen LogP contribution is 2.30. The third-order valence-corrected chi connectivity index (χ3v) is 4.61. The van der Waals surface area contributed by atoms with Crippen LogP contribution in [0.4, 0.5) is 5.82 Å². The summed E-state index contributed by atoms with van der Waals surface area (Å²) < 4.78 is 5.95. The first-order chi connectivity index (χ1) is 13.1. The van der Waals surface area contributed by atoms with E-state index in [4.69, 9.17) is 26.0 Å². The Bertz CT molecular complexity index is 1090. The lowest BCUT2D eigenvalue weighted by Crippen LogP contribution is -2.16. The fraction of sp³-hybridized carbons (Fsp3) is 0.238. The fourth-order valence-corrected chi connectivity index (χ4v) is 3.23. The molecule has 0 amide bonds. The van der Waals surface area contributed by atoms with E-state index in [0.29, 0.717) is 16.6 Å². The topological polar surface area (TPSA) is 54.2 Å². The van der Waals surface area contributed by atoms with Crippen LogP contribution in [0.5, 0.6) is 0 Å². The number of fused-ring (bicyclic) bond motifs is 2. The summed E-state index contributed by atoms with van der Waals surface area (Å²) >= 11 is 6.08. The number of hydrogen-bond acceptors (Lipinski definition) is 5. The minimum absolute atomic E-state index is 0.566. The Balaban J connectivity index is 1.71. The van der Waals surface area contributed by atoms with Gasteiger partial charge < -0.3 is 14.6 Å². The molecule has 0 aliphatic rings. The predicted octanol–water partition coefficient (Wildman–Crippen LogP) is 5.06. The van der Waals surface area contributed by atoms with Crippen molar-refractivity contribution in [3.63, 3.8) is 0 Å². The Morgan fingerprint density at radius 2 is 1.93 bits per heavy atom. The molecular weight excluding hydrogens is 360 g/mol. The molecule has 0 atom stereocenters. The van der Waals surface area contributed by atoms with E-state index in [1.54, 1.807) is 0 Å². The average molecular weight is 381 g/mol. The molecule has 4 rings (SSSR count). The molecular formula is C21H21ClN4O. The summed E-state index contributed by atoms with van der Waals surface area (Å²) in [6.07, 6.45) is 1.03. The highest BCUT2D eigenvalue weighted by molar-refractivity contribution is 6.31. The zero-order chi connectivity index (χ0) is 18.8. The molecule has 0 aliphatic carbocycles. The Morgan fingerprint density at radius 3 is 2.78 bits per heavy atom. The maximum atomic E-state index is 6.08. The second-order valence-corrected chi connectivity index (χ2v) is 7.23. The minimum Gasteiger partial charge on any atom is -0.453 e. The highest BCUT2D eigenvalue weighted by atomic mass is 35.5. The maximum Gasteiger partial charge on any atom is 0.198 e. The van der Waals surface area contributed by atoms with Crippen LogP contribution in [0.1, 0.15) is 6.42 Å². The van der Waals surface area contributed by atoms with Gasteiger partial charge in [0, 0.05) is 22.3 Å². The van der Waals surface area contributed by atoms with Crippen LogP contribution in [0.15, 0.2) is 52.9 Å². The Labute approximate surface area is 163 Å². The summed E-state index contributed by atoms with van der Waals surface area (Å²) in [5.41, 5.74) is 1.66. The molecule has 2 aromatic carbocycles. The van der Waals surface area contributed by atoms with E-state index in [1.165, 1.54) is 0 Å². The third kappa shape index (κ3) is 3.89. The zero-order valence-corrected chi connectivity index (χ0v) is 16.1. The number of aromatic nitrogens is 2. The molecule has 0 radical (unpaired) electrons. The second kappa shape index (κ2) is 7.55. The van der Waals surface area contributed by atoms with Gasteiger partial charge in [0.1, 0.15) is 11.4 Å². The zero-order valence-electron chi connectivity index (χ0n) is 15.4. The Hall–Kier alpha value is -2.63. The standard InChI is InChI=1S/C21H21ClN4O/c1-26(2)11-5-10-23-20-16-6-3-4-7-17(16)24-21(25-20)19-13-14-12-15(22)8-9-18(14)27-19/h3-4,6-9,12-13H,5,10-11H2,1-2H3,(H,23,24,25). The van der Waals surface area contributed by atoms with E-state index in [2.05, 4.69) is 24.3 Å². The largest absolute Gasteiger partial charge is 0.453 e. The normalized spacial score (nSPS) is 11.6. The third-order valence-electron chi connectivity index (χ3n) is 4.38. The fourth-order valence-electron chi connectivity index (χ4n) is 3.05. The smallest absolute Gasteiger partial charge is 0.198 e. The number of rotatable bonds is 6. The molecule has 27 heavy (non-hydrogen) atoms. The van der Waals surface area contributed by atoms with Crippen molar-refractivity contribution >= 4 is 39.3 Å². The van der Waals surface area contributed by atoms with Crippen molar-refractivity contribution in [2.24, 2.45) is 0 Å². The molecule has 0 saturated heterocycles. The molecule has 0 fully saturated rings. The minimum atomic E-state index is 0.566. The maximum absolute atomic E-state index is 6.08. The average Bonchev–Trinajstić information content (AvgIpc) is 3.08. The van der Waals surface area contributed by atoms with Crippen LogP contribution >= 0.6 is 11.6 Å². The molecule has 5 nitrogen and oxygen atoms in total.